The maximum Gasteiger partial charge on any atom is 0.144 e. The summed E-state index contributed by atoms with van der Waals surface area (Å²) < 4.78 is 18.5. The zero-order chi connectivity index (χ0) is 11.8. The second kappa shape index (κ2) is 6.81. The van der Waals surface area contributed by atoms with E-state index in [0.29, 0.717) is 18.9 Å². The van der Waals surface area contributed by atoms with Gasteiger partial charge in [-0.3, -0.25) is 0 Å². The Balaban J connectivity index is 2.48. The monoisotopic (exact) mass is 222 g/mol. The van der Waals surface area contributed by atoms with Crippen molar-refractivity contribution in [2.75, 3.05) is 19.7 Å². The fraction of sp³-hybridized carbons (Fsp3) is 0.417. The Morgan fingerprint density at radius 1 is 1.44 bits per heavy atom. The molecule has 0 aromatic heterocycles. The lowest BCUT2D eigenvalue weighted by Crippen LogP contribution is -2.21. The number of nitrogens with one attached hydrogen (secondary N) is 1. The van der Waals surface area contributed by atoms with Gasteiger partial charge in [-0.05, 0) is 25.1 Å². The zero-order valence-corrected chi connectivity index (χ0v) is 9.29. The molecule has 1 N–H and O–H groups in total. The van der Waals surface area contributed by atoms with Gasteiger partial charge in [0.2, 0.25) is 0 Å². The summed E-state index contributed by atoms with van der Waals surface area (Å²) in [6, 6.07) is 6.18. The van der Waals surface area contributed by atoms with Crippen molar-refractivity contribution in [3.05, 3.63) is 29.6 Å². The Kier molecular flexibility index (Phi) is 5.30. The van der Waals surface area contributed by atoms with Gasteiger partial charge in [0.25, 0.3) is 0 Å². The van der Waals surface area contributed by atoms with Gasteiger partial charge in [-0.2, -0.15) is 5.26 Å². The van der Waals surface area contributed by atoms with Crippen LogP contribution in [0.1, 0.15) is 18.9 Å². The summed E-state index contributed by atoms with van der Waals surface area (Å²) in [6.45, 7) is 4.12. The van der Waals surface area contributed by atoms with E-state index < -0.39 is 5.82 Å². The molecule has 0 aliphatic heterocycles. The van der Waals surface area contributed by atoms with Crippen LogP contribution in [-0.2, 0) is 0 Å². The summed E-state index contributed by atoms with van der Waals surface area (Å²) in [4.78, 5) is 0. The van der Waals surface area contributed by atoms with E-state index in [1.165, 1.54) is 12.1 Å². The van der Waals surface area contributed by atoms with Crippen LogP contribution in [0, 0.1) is 17.1 Å². The van der Waals surface area contributed by atoms with Crippen molar-refractivity contribution in [1.82, 2.24) is 5.32 Å². The predicted octanol–water partition coefficient (Wildman–Crippen LogP) is 2.08. The summed E-state index contributed by atoms with van der Waals surface area (Å²) >= 11 is 0. The van der Waals surface area contributed by atoms with Crippen LogP contribution in [0.2, 0.25) is 0 Å². The van der Waals surface area contributed by atoms with Crippen molar-refractivity contribution in [3.8, 4) is 11.8 Å². The Morgan fingerprint density at radius 3 is 2.94 bits per heavy atom. The van der Waals surface area contributed by atoms with Crippen molar-refractivity contribution in [3.63, 3.8) is 0 Å². The van der Waals surface area contributed by atoms with Gasteiger partial charge in [-0.1, -0.05) is 13.0 Å². The van der Waals surface area contributed by atoms with E-state index in [2.05, 4.69) is 12.2 Å². The minimum atomic E-state index is -0.540. The van der Waals surface area contributed by atoms with Crippen LogP contribution in [0.4, 0.5) is 4.39 Å². The van der Waals surface area contributed by atoms with E-state index in [0.717, 1.165) is 13.0 Å². The minimum Gasteiger partial charge on any atom is -0.491 e. The summed E-state index contributed by atoms with van der Waals surface area (Å²) in [5, 5.41) is 11.9. The number of halogens is 1. The Morgan fingerprint density at radius 2 is 2.25 bits per heavy atom. The molecule has 0 saturated heterocycles. The first-order valence-electron chi connectivity index (χ1n) is 5.31. The highest BCUT2D eigenvalue weighted by Gasteiger charge is 2.07. The van der Waals surface area contributed by atoms with Crippen molar-refractivity contribution in [2.24, 2.45) is 0 Å². The SMILES string of the molecule is CCCNCCOc1cccc(F)c1C#N. The first-order valence-corrected chi connectivity index (χ1v) is 5.31. The highest BCUT2D eigenvalue weighted by molar-refractivity contribution is 5.43. The number of nitrogens with zero attached hydrogens (tertiary/aromatic N) is 1. The molecule has 86 valence electrons. The minimum absolute atomic E-state index is 0.0296. The molecule has 0 spiro atoms. The van der Waals surface area contributed by atoms with Crippen molar-refractivity contribution in [1.29, 1.82) is 5.26 Å². The van der Waals surface area contributed by atoms with Gasteiger partial charge in [-0.15, -0.1) is 0 Å². The van der Waals surface area contributed by atoms with Gasteiger partial charge >= 0.3 is 0 Å². The second-order valence-electron chi connectivity index (χ2n) is 3.32. The largest absolute Gasteiger partial charge is 0.491 e. The molecular formula is C12H15FN2O. The number of ether oxygens (including phenoxy) is 1. The zero-order valence-electron chi connectivity index (χ0n) is 9.29. The van der Waals surface area contributed by atoms with Crippen LogP contribution in [0.5, 0.6) is 5.75 Å². The summed E-state index contributed by atoms with van der Waals surface area (Å²) in [6.07, 6.45) is 1.06. The predicted molar refractivity (Wildman–Crippen MR) is 59.8 cm³/mol. The molecule has 0 unspecified atom stereocenters. The Bertz CT molecular complexity index is 374. The summed E-state index contributed by atoms with van der Waals surface area (Å²) in [5.41, 5.74) is -0.0296. The number of hydrogen-bond acceptors (Lipinski definition) is 3. The van der Waals surface area contributed by atoms with Gasteiger partial charge < -0.3 is 10.1 Å². The number of rotatable bonds is 6. The molecule has 0 amide bonds. The van der Waals surface area contributed by atoms with Gasteiger partial charge in [0.15, 0.2) is 0 Å². The van der Waals surface area contributed by atoms with E-state index in [1.807, 2.05) is 0 Å². The maximum absolute atomic E-state index is 13.2. The Labute approximate surface area is 94.8 Å². The maximum atomic E-state index is 13.2. The molecule has 0 radical (unpaired) electrons. The molecule has 1 aromatic carbocycles. The van der Waals surface area contributed by atoms with E-state index in [1.54, 1.807) is 12.1 Å². The lowest BCUT2D eigenvalue weighted by molar-refractivity contribution is 0.311. The molecule has 0 aliphatic carbocycles. The fourth-order valence-electron chi connectivity index (χ4n) is 1.27. The van der Waals surface area contributed by atoms with Crippen LogP contribution in [0.25, 0.3) is 0 Å². The van der Waals surface area contributed by atoms with Gasteiger partial charge in [-0.25, -0.2) is 4.39 Å². The van der Waals surface area contributed by atoms with Gasteiger partial charge in [0.05, 0.1) is 0 Å². The van der Waals surface area contributed by atoms with Crippen LogP contribution >= 0.6 is 0 Å². The summed E-state index contributed by atoms with van der Waals surface area (Å²) in [7, 11) is 0. The molecular weight excluding hydrogens is 207 g/mol. The molecule has 3 nitrogen and oxygen atoms in total. The van der Waals surface area contributed by atoms with Crippen molar-refractivity contribution in [2.45, 2.75) is 13.3 Å². The molecule has 0 bridgehead atoms. The third kappa shape index (κ3) is 3.52. The highest BCUT2D eigenvalue weighted by atomic mass is 19.1. The molecule has 1 rings (SSSR count). The second-order valence-corrected chi connectivity index (χ2v) is 3.32. The normalized spacial score (nSPS) is 9.81. The quantitative estimate of drug-likeness (QED) is 0.749. The van der Waals surface area contributed by atoms with E-state index in [-0.39, 0.29) is 5.56 Å². The first-order chi connectivity index (χ1) is 7.79. The lowest BCUT2D eigenvalue weighted by atomic mass is 10.2. The van der Waals surface area contributed by atoms with Crippen molar-refractivity contribution >= 4 is 0 Å². The van der Waals surface area contributed by atoms with E-state index in [9.17, 15) is 4.39 Å². The molecule has 16 heavy (non-hydrogen) atoms. The van der Waals surface area contributed by atoms with Crippen LogP contribution < -0.4 is 10.1 Å². The third-order valence-electron chi connectivity index (χ3n) is 2.05. The highest BCUT2D eigenvalue weighted by Crippen LogP contribution is 2.19. The average Bonchev–Trinajstić information content (AvgIpc) is 2.29. The molecule has 0 atom stereocenters. The number of hydrogen-bond donors (Lipinski definition) is 1. The fourth-order valence-corrected chi connectivity index (χ4v) is 1.27. The lowest BCUT2D eigenvalue weighted by Gasteiger charge is -2.08. The molecule has 1 aromatic rings. The molecule has 0 heterocycles. The topological polar surface area (TPSA) is 45.0 Å². The smallest absolute Gasteiger partial charge is 0.144 e. The van der Waals surface area contributed by atoms with Gasteiger partial charge in [0, 0.05) is 6.54 Å². The summed E-state index contributed by atoms with van der Waals surface area (Å²) in [5.74, 6) is -0.234. The third-order valence-corrected chi connectivity index (χ3v) is 2.05. The molecule has 4 heteroatoms. The standard InChI is InChI=1S/C12H15FN2O/c1-2-6-15-7-8-16-12-5-3-4-11(13)10(12)9-14/h3-5,15H,2,6-8H2,1H3. The number of nitriles is 1. The van der Waals surface area contributed by atoms with Crippen LogP contribution in [0.3, 0.4) is 0 Å². The molecule has 0 fully saturated rings. The molecule has 0 saturated carbocycles. The van der Waals surface area contributed by atoms with Crippen LogP contribution in [0.15, 0.2) is 18.2 Å². The van der Waals surface area contributed by atoms with Crippen molar-refractivity contribution < 1.29 is 9.13 Å². The van der Waals surface area contributed by atoms with E-state index in [4.69, 9.17) is 10.00 Å². The average molecular weight is 222 g/mol. The van der Waals surface area contributed by atoms with Gasteiger partial charge in [0.1, 0.15) is 29.8 Å². The number of benzene rings is 1. The first kappa shape index (κ1) is 12.5. The molecule has 0 aliphatic rings. The Hall–Kier alpha value is -1.60. The van der Waals surface area contributed by atoms with Crippen LogP contribution in [-0.4, -0.2) is 19.7 Å². The van der Waals surface area contributed by atoms with E-state index >= 15 is 0 Å².